The summed E-state index contributed by atoms with van der Waals surface area (Å²) in [4.78, 5) is 3.36. The highest BCUT2D eigenvalue weighted by molar-refractivity contribution is 7.89. The van der Waals surface area contributed by atoms with E-state index in [0.29, 0.717) is 19.1 Å². The molecule has 0 bridgehead atoms. The van der Waals surface area contributed by atoms with Gasteiger partial charge in [0.2, 0.25) is 0 Å². The Hall–Kier alpha value is -2.00. The zero-order chi connectivity index (χ0) is 16.4. The van der Waals surface area contributed by atoms with Gasteiger partial charge in [0.15, 0.2) is 0 Å². The zero-order valence-corrected chi connectivity index (χ0v) is 14.0. The molecule has 124 valence electrons. The lowest BCUT2D eigenvalue weighted by atomic mass is 9.97. The second-order valence-corrected chi connectivity index (χ2v) is 7.33. The summed E-state index contributed by atoms with van der Waals surface area (Å²) in [7, 11) is -2.19. The van der Waals surface area contributed by atoms with Crippen LogP contribution in [0.5, 0.6) is 0 Å². The van der Waals surface area contributed by atoms with Gasteiger partial charge >= 0.3 is 5.16 Å². The number of rotatable bonds is 5. The molecule has 0 radical (unpaired) electrons. The summed E-state index contributed by atoms with van der Waals surface area (Å²) in [5.41, 5.74) is 2.49. The standard InChI is InChI=1S/C14H20N6O2S/c1-11-7-8-12-5-3-4-6-13(12)20(11)10-9-15-23(21,22)14-16-18-19(2)17-14/h3-6,11,15H,7-10H2,1-2H3. The van der Waals surface area contributed by atoms with E-state index >= 15 is 0 Å². The minimum atomic E-state index is -3.72. The number of nitrogens with one attached hydrogen (secondary N) is 1. The minimum Gasteiger partial charge on any atom is -0.367 e. The lowest BCUT2D eigenvalue weighted by Crippen LogP contribution is -2.42. The van der Waals surface area contributed by atoms with E-state index < -0.39 is 10.0 Å². The Balaban J connectivity index is 1.67. The monoisotopic (exact) mass is 336 g/mol. The van der Waals surface area contributed by atoms with Crippen LogP contribution >= 0.6 is 0 Å². The molecule has 0 amide bonds. The number of benzene rings is 1. The molecule has 9 heteroatoms. The van der Waals surface area contributed by atoms with Crippen molar-refractivity contribution in [1.29, 1.82) is 0 Å². The Morgan fingerprint density at radius 3 is 2.87 bits per heavy atom. The Morgan fingerprint density at radius 2 is 2.13 bits per heavy atom. The second-order valence-electron chi connectivity index (χ2n) is 5.67. The molecule has 0 saturated carbocycles. The van der Waals surface area contributed by atoms with E-state index in [1.54, 1.807) is 0 Å². The summed E-state index contributed by atoms with van der Waals surface area (Å²) >= 11 is 0. The van der Waals surface area contributed by atoms with Crippen molar-refractivity contribution in [2.45, 2.75) is 31.0 Å². The molecule has 1 aliphatic heterocycles. The number of hydrogen-bond donors (Lipinski definition) is 1. The summed E-state index contributed by atoms with van der Waals surface area (Å²) in [5, 5.41) is 10.5. The van der Waals surface area contributed by atoms with Crippen molar-refractivity contribution in [2.75, 3.05) is 18.0 Å². The molecule has 1 atom stereocenters. The lowest BCUT2D eigenvalue weighted by Gasteiger charge is -2.37. The van der Waals surface area contributed by atoms with E-state index in [1.807, 2.05) is 12.1 Å². The van der Waals surface area contributed by atoms with Gasteiger partial charge in [0.1, 0.15) is 0 Å². The highest BCUT2D eigenvalue weighted by atomic mass is 32.2. The van der Waals surface area contributed by atoms with Crippen molar-refractivity contribution in [1.82, 2.24) is 24.9 Å². The molecular formula is C14H20N6O2S. The van der Waals surface area contributed by atoms with E-state index in [1.165, 1.54) is 18.3 Å². The van der Waals surface area contributed by atoms with Gasteiger partial charge in [0, 0.05) is 24.8 Å². The lowest BCUT2D eigenvalue weighted by molar-refractivity contribution is 0.546. The van der Waals surface area contributed by atoms with Gasteiger partial charge < -0.3 is 4.90 Å². The summed E-state index contributed by atoms with van der Waals surface area (Å²) in [6, 6.07) is 8.64. The van der Waals surface area contributed by atoms with Gasteiger partial charge in [-0.1, -0.05) is 23.3 Å². The molecule has 1 N–H and O–H groups in total. The molecule has 2 heterocycles. The van der Waals surface area contributed by atoms with Gasteiger partial charge in [-0.15, -0.1) is 5.10 Å². The third-order valence-corrected chi connectivity index (χ3v) is 5.27. The van der Waals surface area contributed by atoms with Crippen molar-refractivity contribution in [2.24, 2.45) is 7.05 Å². The number of sulfonamides is 1. The molecule has 3 rings (SSSR count). The minimum absolute atomic E-state index is 0.291. The Labute approximate surface area is 135 Å². The smallest absolute Gasteiger partial charge is 0.303 e. The van der Waals surface area contributed by atoms with Crippen LogP contribution in [0.1, 0.15) is 18.9 Å². The maximum atomic E-state index is 12.1. The molecular weight excluding hydrogens is 316 g/mol. The van der Waals surface area contributed by atoms with Crippen molar-refractivity contribution in [3.63, 3.8) is 0 Å². The van der Waals surface area contributed by atoms with E-state index in [4.69, 9.17) is 0 Å². The molecule has 0 saturated heterocycles. The number of fused-ring (bicyclic) bond motifs is 1. The normalized spacial score (nSPS) is 18.0. The van der Waals surface area contributed by atoms with Gasteiger partial charge in [-0.25, -0.2) is 13.1 Å². The number of para-hydroxylation sites is 1. The summed E-state index contributed by atoms with van der Waals surface area (Å²) in [6.45, 7) is 3.05. The Morgan fingerprint density at radius 1 is 1.35 bits per heavy atom. The van der Waals surface area contributed by atoms with Gasteiger partial charge in [-0.2, -0.15) is 4.80 Å². The predicted molar refractivity (Wildman–Crippen MR) is 85.6 cm³/mol. The maximum Gasteiger partial charge on any atom is 0.303 e. The van der Waals surface area contributed by atoms with Crippen LogP contribution in [0.4, 0.5) is 5.69 Å². The van der Waals surface area contributed by atoms with Gasteiger partial charge in [-0.3, -0.25) is 0 Å². The molecule has 0 aliphatic carbocycles. The maximum absolute atomic E-state index is 12.1. The number of tetrazole rings is 1. The molecule has 8 nitrogen and oxygen atoms in total. The molecule has 1 aliphatic rings. The van der Waals surface area contributed by atoms with Crippen molar-refractivity contribution in [3.8, 4) is 0 Å². The van der Waals surface area contributed by atoms with Crippen molar-refractivity contribution < 1.29 is 8.42 Å². The molecule has 1 aromatic heterocycles. The number of aromatic nitrogens is 4. The van der Waals surface area contributed by atoms with Crippen LogP contribution in [-0.4, -0.2) is 47.8 Å². The van der Waals surface area contributed by atoms with Crippen molar-refractivity contribution in [3.05, 3.63) is 29.8 Å². The topological polar surface area (TPSA) is 93.0 Å². The summed E-state index contributed by atoms with van der Waals surface area (Å²) in [5.74, 6) is 0. The quantitative estimate of drug-likeness (QED) is 0.846. The van der Waals surface area contributed by atoms with Crippen LogP contribution in [0.3, 0.4) is 0 Å². The zero-order valence-electron chi connectivity index (χ0n) is 13.2. The highest BCUT2D eigenvalue weighted by Crippen LogP contribution is 2.29. The fraction of sp³-hybridized carbons (Fsp3) is 0.500. The van der Waals surface area contributed by atoms with Crippen LogP contribution in [0.15, 0.2) is 29.4 Å². The average Bonchev–Trinajstić information content (AvgIpc) is 2.97. The third kappa shape index (κ3) is 3.35. The number of aryl methyl sites for hydroxylation is 2. The van der Waals surface area contributed by atoms with Gasteiger partial charge in [-0.05, 0) is 36.6 Å². The highest BCUT2D eigenvalue weighted by Gasteiger charge is 2.24. The van der Waals surface area contributed by atoms with E-state index in [2.05, 4.69) is 44.1 Å². The SMILES string of the molecule is CC1CCc2ccccc2N1CCNS(=O)(=O)c1nnn(C)n1. The number of hydrogen-bond acceptors (Lipinski definition) is 6. The van der Waals surface area contributed by atoms with Gasteiger partial charge in [0.25, 0.3) is 10.0 Å². The molecule has 1 unspecified atom stereocenters. The first-order valence-electron chi connectivity index (χ1n) is 7.55. The van der Waals surface area contributed by atoms with E-state index in [9.17, 15) is 8.42 Å². The van der Waals surface area contributed by atoms with Crippen molar-refractivity contribution >= 4 is 15.7 Å². The van der Waals surface area contributed by atoms with Crippen LogP contribution in [0, 0.1) is 0 Å². The van der Waals surface area contributed by atoms with Gasteiger partial charge in [0.05, 0.1) is 7.05 Å². The molecule has 2 aromatic rings. The predicted octanol–water partition coefficient (Wildman–Crippen LogP) is 0.330. The largest absolute Gasteiger partial charge is 0.367 e. The Bertz CT molecular complexity index is 788. The van der Waals surface area contributed by atoms with Crippen LogP contribution in [0.2, 0.25) is 0 Å². The molecule has 0 fully saturated rings. The van der Waals surface area contributed by atoms with Crippen LogP contribution in [-0.2, 0) is 23.5 Å². The fourth-order valence-corrected chi connectivity index (χ4v) is 3.70. The average molecular weight is 336 g/mol. The first-order valence-corrected chi connectivity index (χ1v) is 9.04. The molecule has 23 heavy (non-hydrogen) atoms. The third-order valence-electron chi connectivity index (χ3n) is 4.04. The first-order chi connectivity index (χ1) is 11.0. The Kier molecular flexibility index (Phi) is 4.31. The van der Waals surface area contributed by atoms with E-state index in [-0.39, 0.29) is 5.16 Å². The summed E-state index contributed by atoms with van der Waals surface area (Å²) < 4.78 is 26.8. The van der Waals surface area contributed by atoms with E-state index in [0.717, 1.165) is 17.6 Å². The number of anilines is 1. The first kappa shape index (κ1) is 15.9. The van der Waals surface area contributed by atoms with Crippen LogP contribution in [0.25, 0.3) is 0 Å². The molecule has 1 aromatic carbocycles. The fourth-order valence-electron chi connectivity index (χ4n) is 2.84. The molecule has 0 spiro atoms. The summed E-state index contributed by atoms with van der Waals surface area (Å²) in [6.07, 6.45) is 2.12. The second kappa shape index (κ2) is 6.25. The van der Waals surface area contributed by atoms with Crippen LogP contribution < -0.4 is 9.62 Å². The number of nitrogens with zero attached hydrogens (tertiary/aromatic N) is 5.